The third kappa shape index (κ3) is 6.59. The minimum atomic E-state index is -4.98. The van der Waals surface area contributed by atoms with Crippen molar-refractivity contribution in [1.29, 1.82) is 0 Å². The summed E-state index contributed by atoms with van der Waals surface area (Å²) >= 11 is -4.98. The first-order chi connectivity index (χ1) is 25.5. The Balaban J connectivity index is 1.48. The van der Waals surface area contributed by atoms with Crippen LogP contribution in [0.4, 0.5) is 0 Å². The molecule has 0 N–H and O–H groups in total. The standard InChI is InChI=1S/C25H31O.C23H25.C2H7Si.2ClH.Zr/c1-16-13-18-15-21(25(5,6)7)23(26-8)22(20(18)14-16)17-9-11-19(12-10-17)24(2,3)4;1-15-12-18-14-17-6-5-7-20(17)22(21(18)13-15)16-8-10-19(11-9-16)23(2,3)4;1-3-2;;;/h9-15H,1-8H3;8-14H,5-7H2,1-4H3;3H,1-2H3;2*1H;/q;;;;;+2/p-2. The second-order valence-electron chi connectivity index (χ2n) is 20.5. The summed E-state index contributed by atoms with van der Waals surface area (Å²) in [5, 5.41) is 0. The molecule has 0 fully saturated rings. The van der Waals surface area contributed by atoms with E-state index >= 15 is 0 Å². The molecule has 0 aliphatic heterocycles. The van der Waals surface area contributed by atoms with Crippen molar-refractivity contribution in [2.75, 3.05) is 7.11 Å². The Morgan fingerprint density at radius 1 is 0.636 bits per heavy atom. The first kappa shape index (κ1) is 41.0. The van der Waals surface area contributed by atoms with E-state index in [-0.39, 0.29) is 23.5 Å². The summed E-state index contributed by atoms with van der Waals surface area (Å²) in [5.74, 6) is -0.760. The fourth-order valence-corrected chi connectivity index (χ4v) is 43.2. The monoisotopic (exact) mass is 867 g/mol. The van der Waals surface area contributed by atoms with Crippen molar-refractivity contribution < 1.29 is 20.3 Å². The van der Waals surface area contributed by atoms with E-state index in [1.54, 1.807) is 0 Å². The van der Waals surface area contributed by atoms with E-state index in [1.165, 1.54) is 89.9 Å². The molecule has 0 radical (unpaired) electrons. The van der Waals surface area contributed by atoms with Crippen LogP contribution in [-0.4, -0.2) is 13.0 Å². The van der Waals surface area contributed by atoms with Crippen molar-refractivity contribution in [2.45, 2.75) is 132 Å². The number of hydrogen-bond acceptors (Lipinski definition) is 1. The summed E-state index contributed by atoms with van der Waals surface area (Å²) in [6.07, 6.45) is 8.36. The predicted molar refractivity (Wildman–Crippen MR) is 242 cm³/mol. The normalized spacial score (nSPS) is 19.1. The molecular formula is C50H63Cl2OSiZr. The molecule has 0 spiro atoms. The summed E-state index contributed by atoms with van der Waals surface area (Å²) in [7, 11) is 19.5. The van der Waals surface area contributed by atoms with E-state index in [0.29, 0.717) is 0 Å². The van der Waals surface area contributed by atoms with Gasteiger partial charge in [-0.2, -0.15) is 0 Å². The number of methoxy groups -OCH3 is 1. The number of ether oxygens (including phenoxy) is 1. The molecule has 0 saturated carbocycles. The van der Waals surface area contributed by atoms with E-state index in [1.807, 2.05) is 7.11 Å². The Morgan fingerprint density at radius 3 is 1.53 bits per heavy atom. The second kappa shape index (κ2) is 13.7. The summed E-state index contributed by atoms with van der Waals surface area (Å²) in [4.78, 5) is 0. The molecule has 2 unspecified atom stereocenters. The van der Waals surface area contributed by atoms with E-state index in [4.69, 9.17) is 21.8 Å². The van der Waals surface area contributed by atoms with Crippen LogP contribution >= 0.6 is 17.0 Å². The Labute approximate surface area is 341 Å². The van der Waals surface area contributed by atoms with Crippen molar-refractivity contribution in [3.05, 3.63) is 122 Å². The Bertz CT molecular complexity index is 2250. The number of aryl methyl sites for hydroxylation is 1. The van der Waals surface area contributed by atoms with E-state index in [9.17, 15) is 0 Å². The van der Waals surface area contributed by atoms with Crippen LogP contribution < -0.4 is 4.74 Å². The zero-order valence-corrected chi connectivity index (χ0v) is 41.1. The van der Waals surface area contributed by atoms with E-state index < -0.39 is 21.5 Å². The molecule has 5 heteroatoms. The molecule has 2 atom stereocenters. The zero-order valence-electron chi connectivity index (χ0n) is 35.9. The molecular weight excluding hydrogens is 807 g/mol. The van der Waals surface area contributed by atoms with Gasteiger partial charge in [-0.3, -0.25) is 0 Å². The van der Waals surface area contributed by atoms with E-state index in [2.05, 4.69) is 162 Å². The van der Waals surface area contributed by atoms with Crippen molar-refractivity contribution in [2.24, 2.45) is 0 Å². The van der Waals surface area contributed by atoms with Crippen LogP contribution in [0.15, 0.2) is 71.8 Å². The summed E-state index contributed by atoms with van der Waals surface area (Å²) in [6.45, 7) is 30.2. The first-order valence-corrected chi connectivity index (χ1v) is 36.9. The summed E-state index contributed by atoms with van der Waals surface area (Å²) in [6, 6.07) is 23.6. The number of fused-ring (bicyclic) bond motifs is 3. The van der Waals surface area contributed by atoms with Crippen molar-refractivity contribution in [3.63, 3.8) is 0 Å². The van der Waals surface area contributed by atoms with Gasteiger partial charge in [0.05, 0.1) is 0 Å². The molecule has 0 heterocycles. The molecule has 7 rings (SSSR count). The fraction of sp³-hybridized carbons (Fsp3) is 0.440. The molecule has 4 aromatic rings. The first-order valence-electron chi connectivity index (χ1n) is 20.6. The average Bonchev–Trinajstić information content (AvgIpc) is 3.79. The summed E-state index contributed by atoms with van der Waals surface area (Å²) in [5.41, 5.74) is 20.0. The molecule has 3 aliphatic carbocycles. The molecule has 1 nitrogen and oxygen atoms in total. The van der Waals surface area contributed by atoms with Gasteiger partial charge in [0.2, 0.25) is 0 Å². The Hall–Kier alpha value is -2.16. The second-order valence-corrected chi connectivity index (χ2v) is 63.0. The number of hydrogen-bond donors (Lipinski definition) is 0. The van der Waals surface area contributed by atoms with Gasteiger partial charge in [0.25, 0.3) is 0 Å². The molecule has 291 valence electrons. The van der Waals surface area contributed by atoms with Crippen molar-refractivity contribution in [1.82, 2.24) is 0 Å². The molecule has 55 heavy (non-hydrogen) atoms. The zero-order chi connectivity index (χ0) is 40.2. The van der Waals surface area contributed by atoms with Gasteiger partial charge >= 0.3 is 344 Å². The quantitative estimate of drug-likeness (QED) is 0.175. The SMILES string of the molecule is COc1c(C(C)(C)C)cc2c(c1-c1ccc(C(C)(C)C)cc1)C=C(C)[CH]2[Zr]([Cl])([Cl])([CH]1C(C)=Cc2c1cc1c(c2-c2ccc(C(C)(C)C)cc2)CCC1)[SiH](C)C. The van der Waals surface area contributed by atoms with Gasteiger partial charge in [0, 0.05) is 0 Å². The van der Waals surface area contributed by atoms with Crippen LogP contribution in [0.25, 0.3) is 34.4 Å². The molecule has 3 aliphatic rings. The predicted octanol–water partition coefficient (Wildman–Crippen LogP) is 15.0. The molecule has 0 amide bonds. The maximum atomic E-state index is 8.84. The van der Waals surface area contributed by atoms with Crippen LogP contribution in [0.5, 0.6) is 5.75 Å². The van der Waals surface area contributed by atoms with Crippen LogP contribution in [0.2, 0.25) is 13.1 Å². The van der Waals surface area contributed by atoms with Gasteiger partial charge in [0.15, 0.2) is 0 Å². The number of allylic oxidation sites excluding steroid dienone is 2. The van der Waals surface area contributed by atoms with Crippen LogP contribution in [-0.2, 0) is 44.6 Å². The number of benzene rings is 4. The number of rotatable bonds is 6. The van der Waals surface area contributed by atoms with Crippen LogP contribution in [0.1, 0.15) is 140 Å². The average molecular weight is 870 g/mol. The van der Waals surface area contributed by atoms with Crippen molar-refractivity contribution >= 4 is 35.1 Å². The van der Waals surface area contributed by atoms with Gasteiger partial charge in [-0.05, 0) is 0 Å². The molecule has 0 saturated heterocycles. The maximum absolute atomic E-state index is 8.84. The van der Waals surface area contributed by atoms with Gasteiger partial charge < -0.3 is 0 Å². The van der Waals surface area contributed by atoms with E-state index in [0.717, 1.165) is 18.6 Å². The van der Waals surface area contributed by atoms with Crippen LogP contribution in [0.3, 0.4) is 0 Å². The molecule has 0 bridgehead atoms. The minimum absolute atomic E-state index is 0.00752. The van der Waals surface area contributed by atoms with Gasteiger partial charge in [-0.1, -0.05) is 0 Å². The fourth-order valence-electron chi connectivity index (χ4n) is 10.3. The number of halogens is 2. The summed E-state index contributed by atoms with van der Waals surface area (Å²) < 4.78 is 6.48. The Morgan fingerprint density at radius 2 is 1.09 bits per heavy atom. The van der Waals surface area contributed by atoms with Crippen molar-refractivity contribution in [3.8, 4) is 28.0 Å². The van der Waals surface area contributed by atoms with Gasteiger partial charge in [-0.25, -0.2) is 0 Å². The van der Waals surface area contributed by atoms with Gasteiger partial charge in [0.1, 0.15) is 0 Å². The van der Waals surface area contributed by atoms with Crippen LogP contribution in [0, 0.1) is 0 Å². The topological polar surface area (TPSA) is 9.23 Å². The third-order valence-electron chi connectivity index (χ3n) is 13.4. The third-order valence-corrected chi connectivity index (χ3v) is 65.7. The molecule has 0 aromatic heterocycles. The molecule has 4 aromatic carbocycles. The van der Waals surface area contributed by atoms with Gasteiger partial charge in [-0.15, -0.1) is 0 Å². The Kier molecular flexibility index (Phi) is 10.2.